The fourth-order valence-corrected chi connectivity index (χ4v) is 4.67. The predicted molar refractivity (Wildman–Crippen MR) is 97.3 cm³/mol. The highest BCUT2D eigenvalue weighted by atomic mass is 32.2. The summed E-state index contributed by atoms with van der Waals surface area (Å²) < 4.78 is 45.2. The maximum Gasteiger partial charge on any atom is 0.275 e. The molecule has 2 aliphatic heterocycles. The highest BCUT2D eigenvalue weighted by Crippen LogP contribution is 2.20. The van der Waals surface area contributed by atoms with Crippen molar-refractivity contribution in [1.29, 1.82) is 0 Å². The van der Waals surface area contributed by atoms with E-state index in [-0.39, 0.29) is 18.3 Å². The quantitative estimate of drug-likeness (QED) is 0.670. The van der Waals surface area contributed by atoms with Gasteiger partial charge in [0.2, 0.25) is 10.0 Å². The van der Waals surface area contributed by atoms with E-state index in [0.29, 0.717) is 39.3 Å². The first-order chi connectivity index (χ1) is 12.9. The SMILES string of the molecule is CS(=O)(=O)N(CCN1CCOCC1)C1CCN(C(=O)c2ncccc2F)C1. The van der Waals surface area contributed by atoms with E-state index in [9.17, 15) is 17.6 Å². The minimum atomic E-state index is -3.42. The number of rotatable bonds is 6. The molecule has 27 heavy (non-hydrogen) atoms. The number of hydrogen-bond acceptors (Lipinski definition) is 6. The van der Waals surface area contributed by atoms with Crippen LogP contribution < -0.4 is 0 Å². The van der Waals surface area contributed by atoms with Gasteiger partial charge in [0, 0.05) is 51.5 Å². The molecule has 1 unspecified atom stereocenters. The maximum absolute atomic E-state index is 13.8. The average Bonchev–Trinajstić information content (AvgIpc) is 3.11. The Morgan fingerprint density at radius 3 is 2.78 bits per heavy atom. The number of halogens is 1. The summed E-state index contributed by atoms with van der Waals surface area (Å²) in [5.74, 6) is -1.17. The van der Waals surface area contributed by atoms with E-state index in [2.05, 4.69) is 9.88 Å². The van der Waals surface area contributed by atoms with E-state index in [0.717, 1.165) is 13.1 Å². The lowest BCUT2D eigenvalue weighted by molar-refractivity contribution is 0.0353. The number of likely N-dealkylation sites (tertiary alicyclic amines) is 1. The summed E-state index contributed by atoms with van der Waals surface area (Å²) in [5, 5.41) is 0. The minimum absolute atomic E-state index is 0.225. The van der Waals surface area contributed by atoms with Gasteiger partial charge in [-0.1, -0.05) is 0 Å². The maximum atomic E-state index is 13.8. The average molecular weight is 400 g/mol. The first-order valence-electron chi connectivity index (χ1n) is 9.03. The lowest BCUT2D eigenvalue weighted by atomic mass is 10.2. The monoisotopic (exact) mass is 400 g/mol. The van der Waals surface area contributed by atoms with Crippen LogP contribution in [-0.2, 0) is 14.8 Å². The molecule has 1 aromatic rings. The number of amides is 1. The lowest BCUT2D eigenvalue weighted by Crippen LogP contribution is -2.47. The molecule has 1 amide bonds. The zero-order valence-electron chi connectivity index (χ0n) is 15.4. The Morgan fingerprint density at radius 2 is 2.11 bits per heavy atom. The Hall–Kier alpha value is -1.62. The van der Waals surface area contributed by atoms with Crippen molar-refractivity contribution >= 4 is 15.9 Å². The molecule has 3 rings (SSSR count). The number of aromatic nitrogens is 1. The Labute approximate surface area is 158 Å². The fourth-order valence-electron chi connectivity index (χ4n) is 3.54. The number of sulfonamides is 1. The molecule has 2 fully saturated rings. The molecule has 0 saturated carbocycles. The number of hydrogen-bond donors (Lipinski definition) is 0. The van der Waals surface area contributed by atoms with Crippen molar-refractivity contribution in [3.8, 4) is 0 Å². The Kier molecular flexibility index (Phi) is 6.40. The van der Waals surface area contributed by atoms with Gasteiger partial charge in [0.15, 0.2) is 11.5 Å². The molecule has 0 aromatic carbocycles. The molecule has 0 bridgehead atoms. The number of ether oxygens (including phenoxy) is 1. The van der Waals surface area contributed by atoms with Crippen molar-refractivity contribution in [2.24, 2.45) is 0 Å². The molecule has 0 radical (unpaired) electrons. The number of carbonyl (C=O) groups excluding carboxylic acids is 1. The molecule has 3 heterocycles. The number of nitrogens with zero attached hydrogens (tertiary/aromatic N) is 4. The molecule has 2 aliphatic rings. The van der Waals surface area contributed by atoms with Crippen molar-refractivity contribution in [2.45, 2.75) is 12.5 Å². The number of pyridine rings is 1. The van der Waals surface area contributed by atoms with Crippen LogP contribution in [0.2, 0.25) is 0 Å². The van der Waals surface area contributed by atoms with Crippen LogP contribution in [0, 0.1) is 5.82 Å². The topological polar surface area (TPSA) is 83.1 Å². The molecule has 150 valence electrons. The lowest BCUT2D eigenvalue weighted by Gasteiger charge is -2.31. The largest absolute Gasteiger partial charge is 0.379 e. The normalized spacial score (nSPS) is 21.7. The van der Waals surface area contributed by atoms with Gasteiger partial charge in [-0.15, -0.1) is 0 Å². The number of carbonyl (C=O) groups is 1. The molecule has 0 aliphatic carbocycles. The first-order valence-corrected chi connectivity index (χ1v) is 10.9. The highest BCUT2D eigenvalue weighted by Gasteiger charge is 2.36. The van der Waals surface area contributed by atoms with E-state index in [4.69, 9.17) is 4.74 Å². The van der Waals surface area contributed by atoms with Crippen LogP contribution in [0.25, 0.3) is 0 Å². The molecular formula is C17H25FN4O4S. The van der Waals surface area contributed by atoms with Crippen LogP contribution in [-0.4, -0.2) is 98.2 Å². The molecule has 1 atom stereocenters. The van der Waals surface area contributed by atoms with E-state index in [1.807, 2.05) is 0 Å². The standard InChI is InChI=1S/C17H25FN4O4S/c1-27(24,25)22(8-7-20-9-11-26-12-10-20)14-4-6-21(13-14)17(23)16-15(18)3-2-5-19-16/h2-3,5,14H,4,6-13H2,1H3. The summed E-state index contributed by atoms with van der Waals surface area (Å²) in [6.07, 6.45) is 3.08. The first kappa shape index (κ1) is 20.1. The molecule has 2 saturated heterocycles. The van der Waals surface area contributed by atoms with Crippen LogP contribution in [0.15, 0.2) is 18.3 Å². The summed E-state index contributed by atoms with van der Waals surface area (Å²) in [6, 6.07) is 2.31. The van der Waals surface area contributed by atoms with Gasteiger partial charge in [0.25, 0.3) is 5.91 Å². The number of morpholine rings is 1. The van der Waals surface area contributed by atoms with Crippen molar-refractivity contribution in [1.82, 2.24) is 19.1 Å². The van der Waals surface area contributed by atoms with Crippen LogP contribution in [0.5, 0.6) is 0 Å². The summed E-state index contributed by atoms with van der Waals surface area (Å²) >= 11 is 0. The van der Waals surface area contributed by atoms with Crippen LogP contribution in [0.3, 0.4) is 0 Å². The van der Waals surface area contributed by atoms with E-state index < -0.39 is 21.7 Å². The Balaban J connectivity index is 1.64. The summed E-state index contributed by atoms with van der Waals surface area (Å²) in [7, 11) is -3.42. The third kappa shape index (κ3) is 5.01. The van der Waals surface area contributed by atoms with E-state index in [1.54, 1.807) is 0 Å². The smallest absolute Gasteiger partial charge is 0.275 e. The fraction of sp³-hybridized carbons (Fsp3) is 0.647. The molecular weight excluding hydrogens is 375 g/mol. The zero-order chi connectivity index (χ0) is 19.4. The van der Waals surface area contributed by atoms with Gasteiger partial charge in [0.1, 0.15) is 0 Å². The van der Waals surface area contributed by atoms with Gasteiger partial charge in [-0.2, -0.15) is 4.31 Å². The van der Waals surface area contributed by atoms with Crippen molar-refractivity contribution < 1.29 is 22.3 Å². The third-order valence-corrected chi connectivity index (χ3v) is 6.32. The molecule has 10 heteroatoms. The van der Waals surface area contributed by atoms with E-state index in [1.165, 1.54) is 33.8 Å². The van der Waals surface area contributed by atoms with Gasteiger partial charge in [-0.05, 0) is 18.6 Å². The summed E-state index contributed by atoms with van der Waals surface area (Å²) in [6.45, 7) is 4.48. The Bertz CT molecular complexity index is 770. The molecule has 1 aromatic heterocycles. The van der Waals surface area contributed by atoms with Gasteiger partial charge in [-0.3, -0.25) is 9.69 Å². The second-order valence-corrected chi connectivity index (χ2v) is 8.79. The van der Waals surface area contributed by atoms with Crippen LogP contribution in [0.4, 0.5) is 4.39 Å². The van der Waals surface area contributed by atoms with Crippen molar-refractivity contribution in [3.63, 3.8) is 0 Å². The second-order valence-electron chi connectivity index (χ2n) is 6.86. The van der Waals surface area contributed by atoms with E-state index >= 15 is 0 Å². The zero-order valence-corrected chi connectivity index (χ0v) is 16.2. The Morgan fingerprint density at radius 1 is 1.37 bits per heavy atom. The van der Waals surface area contributed by atoms with Crippen molar-refractivity contribution in [2.75, 3.05) is 58.7 Å². The second kappa shape index (κ2) is 8.59. The van der Waals surface area contributed by atoms with Crippen molar-refractivity contribution in [3.05, 3.63) is 29.8 Å². The minimum Gasteiger partial charge on any atom is -0.379 e. The molecule has 8 nitrogen and oxygen atoms in total. The van der Waals surface area contributed by atoms with Gasteiger partial charge < -0.3 is 9.64 Å². The summed E-state index contributed by atoms with van der Waals surface area (Å²) in [4.78, 5) is 20.0. The predicted octanol–water partition coefficient (Wildman–Crippen LogP) is 0.0290. The van der Waals surface area contributed by atoms with Gasteiger partial charge in [-0.25, -0.2) is 17.8 Å². The molecule has 0 spiro atoms. The third-order valence-electron chi connectivity index (χ3n) is 4.99. The van der Waals surface area contributed by atoms with Gasteiger partial charge >= 0.3 is 0 Å². The van der Waals surface area contributed by atoms with Crippen LogP contribution in [0.1, 0.15) is 16.9 Å². The highest BCUT2D eigenvalue weighted by molar-refractivity contribution is 7.88. The summed E-state index contributed by atoms with van der Waals surface area (Å²) in [5.41, 5.74) is -0.225. The van der Waals surface area contributed by atoms with Crippen LogP contribution >= 0.6 is 0 Å². The molecule has 0 N–H and O–H groups in total. The van der Waals surface area contributed by atoms with Gasteiger partial charge in [0.05, 0.1) is 19.5 Å².